The molecule has 1 aliphatic heterocycles. The van der Waals surface area contributed by atoms with Gasteiger partial charge in [-0.05, 0) is 12.8 Å². The van der Waals surface area contributed by atoms with Crippen molar-refractivity contribution in [3.05, 3.63) is 35.7 Å². The van der Waals surface area contributed by atoms with E-state index in [2.05, 4.69) is 6.58 Å². The van der Waals surface area contributed by atoms with Gasteiger partial charge in [-0.1, -0.05) is 6.58 Å². The zero-order chi connectivity index (χ0) is 14.2. The van der Waals surface area contributed by atoms with Crippen molar-refractivity contribution in [3.63, 3.8) is 0 Å². The second kappa shape index (κ2) is 4.89. The van der Waals surface area contributed by atoms with Crippen LogP contribution in [0, 0.1) is 0 Å². The number of rotatable bonds is 2. The second-order valence-corrected chi connectivity index (χ2v) is 5.19. The van der Waals surface area contributed by atoms with Crippen molar-refractivity contribution < 1.29 is 23.7 Å². The predicted molar refractivity (Wildman–Crippen MR) is 69.7 cm³/mol. The monoisotopic (exact) mass is 278 g/mol. The first-order valence-corrected chi connectivity index (χ1v) is 6.95. The van der Waals surface area contributed by atoms with Crippen LogP contribution in [-0.2, 0) is 23.7 Å². The van der Waals surface area contributed by atoms with Gasteiger partial charge >= 0.3 is 11.9 Å². The van der Waals surface area contributed by atoms with Crippen LogP contribution in [0.5, 0.6) is 0 Å². The van der Waals surface area contributed by atoms with Crippen molar-refractivity contribution in [3.8, 4) is 0 Å². The maximum Gasteiger partial charge on any atom is 0.416 e. The fraction of sp³-hybridized carbons (Fsp3) is 0.533. The average Bonchev–Trinajstić information content (AvgIpc) is 2.99. The van der Waals surface area contributed by atoms with E-state index in [-0.39, 0.29) is 0 Å². The lowest BCUT2D eigenvalue weighted by atomic mass is 10.3. The summed E-state index contributed by atoms with van der Waals surface area (Å²) in [4.78, 5) is 11.5. The number of hydrogen-bond donors (Lipinski definition) is 0. The quantitative estimate of drug-likeness (QED) is 0.573. The molecule has 1 heterocycles. The SMILES string of the molecule is C=CC(=O)OC1(C)OC2=C(CCC2)OC2=C(CCC2)O1. The van der Waals surface area contributed by atoms with Crippen LogP contribution in [0.3, 0.4) is 0 Å². The molecule has 5 nitrogen and oxygen atoms in total. The highest BCUT2D eigenvalue weighted by molar-refractivity contribution is 5.81. The Kier molecular flexibility index (Phi) is 3.20. The summed E-state index contributed by atoms with van der Waals surface area (Å²) in [6, 6.07) is 0. The molecule has 0 amide bonds. The molecule has 20 heavy (non-hydrogen) atoms. The minimum Gasteiger partial charge on any atom is -0.459 e. The number of carbonyl (C=O) groups is 1. The molecule has 0 bridgehead atoms. The fourth-order valence-electron chi connectivity index (χ4n) is 2.69. The van der Waals surface area contributed by atoms with Crippen LogP contribution in [0.25, 0.3) is 0 Å². The van der Waals surface area contributed by atoms with Gasteiger partial charge in [0.2, 0.25) is 0 Å². The van der Waals surface area contributed by atoms with Crippen molar-refractivity contribution in [2.75, 3.05) is 0 Å². The Morgan fingerprint density at radius 1 is 1.10 bits per heavy atom. The van der Waals surface area contributed by atoms with E-state index in [4.69, 9.17) is 18.9 Å². The van der Waals surface area contributed by atoms with Gasteiger partial charge < -0.3 is 18.9 Å². The molecule has 3 aliphatic rings. The molecule has 0 aromatic heterocycles. The summed E-state index contributed by atoms with van der Waals surface area (Å²) >= 11 is 0. The van der Waals surface area contributed by atoms with E-state index < -0.39 is 11.9 Å². The van der Waals surface area contributed by atoms with Gasteiger partial charge in [0.05, 0.1) is 6.92 Å². The Bertz CT molecular complexity index is 482. The maximum absolute atomic E-state index is 11.5. The molecule has 0 fully saturated rings. The lowest BCUT2D eigenvalue weighted by molar-refractivity contribution is -0.324. The number of ether oxygens (including phenoxy) is 4. The second-order valence-electron chi connectivity index (χ2n) is 5.19. The molecule has 3 rings (SSSR count). The molecule has 0 saturated carbocycles. The molecule has 0 atom stereocenters. The van der Waals surface area contributed by atoms with E-state index >= 15 is 0 Å². The molecule has 0 saturated heterocycles. The van der Waals surface area contributed by atoms with Gasteiger partial charge in [0, 0.05) is 31.8 Å². The van der Waals surface area contributed by atoms with Crippen LogP contribution in [-0.4, -0.2) is 11.9 Å². The normalized spacial score (nSPS) is 23.6. The van der Waals surface area contributed by atoms with Crippen LogP contribution in [0.4, 0.5) is 0 Å². The third kappa shape index (κ3) is 2.40. The van der Waals surface area contributed by atoms with Gasteiger partial charge in [-0.25, -0.2) is 4.79 Å². The third-order valence-electron chi connectivity index (χ3n) is 3.55. The minimum absolute atomic E-state index is 0.575. The third-order valence-corrected chi connectivity index (χ3v) is 3.55. The standard InChI is InChI=1S/C15H18O5/c1-3-14(16)20-15(2)18-12-8-4-6-10(12)17-11-7-5-9-13(11)19-15/h3H,1,4-9H2,2H3. The van der Waals surface area contributed by atoms with Gasteiger partial charge in [0.25, 0.3) is 0 Å². The Morgan fingerprint density at radius 3 is 2.10 bits per heavy atom. The fourth-order valence-corrected chi connectivity index (χ4v) is 2.69. The van der Waals surface area contributed by atoms with Crippen LogP contribution >= 0.6 is 0 Å². The summed E-state index contributed by atoms with van der Waals surface area (Å²) in [6.07, 6.45) is 6.26. The summed E-state index contributed by atoms with van der Waals surface area (Å²) in [6.45, 7) is 5.00. The van der Waals surface area contributed by atoms with Crippen molar-refractivity contribution in [2.45, 2.75) is 51.4 Å². The molecule has 2 aliphatic carbocycles. The lowest BCUT2D eigenvalue weighted by Gasteiger charge is -2.32. The molecule has 0 spiro atoms. The van der Waals surface area contributed by atoms with Gasteiger partial charge in [-0.2, -0.15) is 0 Å². The minimum atomic E-state index is -1.45. The summed E-state index contributed by atoms with van der Waals surface area (Å²) in [5.74, 6) is 1.07. The zero-order valence-corrected chi connectivity index (χ0v) is 11.6. The largest absolute Gasteiger partial charge is 0.459 e. The summed E-state index contributed by atoms with van der Waals surface area (Å²) in [7, 11) is 0. The van der Waals surface area contributed by atoms with E-state index in [1.165, 1.54) is 0 Å². The lowest BCUT2D eigenvalue weighted by Crippen LogP contribution is -2.38. The van der Waals surface area contributed by atoms with Crippen molar-refractivity contribution >= 4 is 5.97 Å². The van der Waals surface area contributed by atoms with Gasteiger partial charge in [0.1, 0.15) is 23.0 Å². The molecule has 108 valence electrons. The first kappa shape index (κ1) is 13.1. The molecular weight excluding hydrogens is 260 g/mol. The summed E-state index contributed by atoms with van der Waals surface area (Å²) in [5.41, 5.74) is 0. The highest BCUT2D eigenvalue weighted by atomic mass is 16.9. The molecule has 5 heteroatoms. The highest BCUT2D eigenvalue weighted by Gasteiger charge is 2.41. The zero-order valence-electron chi connectivity index (χ0n) is 11.6. The summed E-state index contributed by atoms with van der Waals surface area (Å²) < 4.78 is 22.7. The Labute approximate surface area is 117 Å². The molecular formula is C15H18O5. The van der Waals surface area contributed by atoms with Gasteiger partial charge in [-0.3, -0.25) is 0 Å². The van der Waals surface area contributed by atoms with Crippen molar-refractivity contribution in [2.24, 2.45) is 0 Å². The average molecular weight is 278 g/mol. The molecule has 0 unspecified atom stereocenters. The Morgan fingerprint density at radius 2 is 1.60 bits per heavy atom. The topological polar surface area (TPSA) is 54.0 Å². The number of allylic oxidation sites excluding steroid dienone is 4. The maximum atomic E-state index is 11.5. The Balaban J connectivity index is 1.92. The molecule has 0 radical (unpaired) electrons. The van der Waals surface area contributed by atoms with Crippen LogP contribution in [0.1, 0.15) is 45.4 Å². The van der Waals surface area contributed by atoms with Crippen LogP contribution in [0.2, 0.25) is 0 Å². The first-order chi connectivity index (χ1) is 9.59. The molecule has 0 aromatic carbocycles. The smallest absolute Gasteiger partial charge is 0.416 e. The predicted octanol–water partition coefficient (Wildman–Crippen LogP) is 3.24. The first-order valence-electron chi connectivity index (χ1n) is 6.95. The van der Waals surface area contributed by atoms with E-state index in [9.17, 15) is 4.79 Å². The summed E-state index contributed by atoms with van der Waals surface area (Å²) in [5, 5.41) is 0. The highest BCUT2D eigenvalue weighted by Crippen LogP contribution is 2.41. The van der Waals surface area contributed by atoms with E-state index in [0.717, 1.165) is 56.1 Å². The van der Waals surface area contributed by atoms with E-state index in [0.29, 0.717) is 11.5 Å². The van der Waals surface area contributed by atoms with Gasteiger partial charge in [-0.15, -0.1) is 0 Å². The number of esters is 1. The van der Waals surface area contributed by atoms with Crippen LogP contribution in [0.15, 0.2) is 35.7 Å². The van der Waals surface area contributed by atoms with Crippen molar-refractivity contribution in [1.82, 2.24) is 0 Å². The van der Waals surface area contributed by atoms with E-state index in [1.807, 2.05) is 0 Å². The van der Waals surface area contributed by atoms with Crippen LogP contribution < -0.4 is 0 Å². The molecule has 0 N–H and O–H groups in total. The van der Waals surface area contributed by atoms with Gasteiger partial charge in [0.15, 0.2) is 0 Å². The number of hydrogen-bond acceptors (Lipinski definition) is 5. The molecule has 0 aromatic rings. The number of carbonyl (C=O) groups excluding carboxylic acids is 1. The Hall–Kier alpha value is -1.91. The van der Waals surface area contributed by atoms with E-state index in [1.54, 1.807) is 6.92 Å². The van der Waals surface area contributed by atoms with Crippen molar-refractivity contribution in [1.29, 1.82) is 0 Å².